The number of benzene rings is 2. The van der Waals surface area contributed by atoms with Crippen molar-refractivity contribution in [1.82, 2.24) is 10.7 Å². The van der Waals surface area contributed by atoms with E-state index in [9.17, 15) is 14.0 Å². The molecule has 2 rings (SSSR count). The zero-order chi connectivity index (χ0) is 18.2. The van der Waals surface area contributed by atoms with Crippen molar-refractivity contribution in [2.24, 2.45) is 5.10 Å². The lowest BCUT2D eigenvalue weighted by Crippen LogP contribution is -2.34. The van der Waals surface area contributed by atoms with E-state index in [1.165, 1.54) is 37.6 Å². The van der Waals surface area contributed by atoms with Gasteiger partial charge in [-0.25, -0.2) is 9.82 Å². The highest BCUT2D eigenvalue weighted by Crippen LogP contribution is 2.21. The van der Waals surface area contributed by atoms with Crippen LogP contribution in [0.25, 0.3) is 0 Å². The number of hydrogen-bond donors (Lipinski definition) is 2. The molecule has 2 aromatic carbocycles. The van der Waals surface area contributed by atoms with E-state index in [1.807, 2.05) is 6.07 Å². The molecule has 0 bridgehead atoms. The van der Waals surface area contributed by atoms with Crippen molar-refractivity contribution < 1.29 is 18.7 Å². The number of rotatable bonds is 6. The van der Waals surface area contributed by atoms with Crippen molar-refractivity contribution in [3.05, 3.63) is 63.9 Å². The molecule has 8 heteroatoms. The predicted molar refractivity (Wildman–Crippen MR) is 95.2 cm³/mol. The molecule has 6 nitrogen and oxygen atoms in total. The molecule has 0 unspecified atom stereocenters. The number of carbonyl (C=O) groups excluding carboxylic acids is 2. The molecule has 0 heterocycles. The van der Waals surface area contributed by atoms with Crippen molar-refractivity contribution in [2.75, 3.05) is 13.7 Å². The molecular weight excluding hydrogens is 393 g/mol. The minimum Gasteiger partial charge on any atom is -0.496 e. The van der Waals surface area contributed by atoms with Gasteiger partial charge in [0, 0.05) is 15.6 Å². The molecule has 0 saturated carbocycles. The summed E-state index contributed by atoms with van der Waals surface area (Å²) in [7, 11) is 1.53. The Morgan fingerprint density at radius 1 is 1.24 bits per heavy atom. The van der Waals surface area contributed by atoms with Gasteiger partial charge in [0.05, 0.1) is 19.9 Å². The second-order valence-corrected chi connectivity index (χ2v) is 5.78. The molecule has 0 aliphatic heterocycles. The smallest absolute Gasteiger partial charge is 0.259 e. The van der Waals surface area contributed by atoms with Crippen molar-refractivity contribution >= 4 is 34.0 Å². The molecule has 0 fully saturated rings. The van der Waals surface area contributed by atoms with Crippen LogP contribution in [-0.2, 0) is 4.79 Å². The summed E-state index contributed by atoms with van der Waals surface area (Å²) < 4.78 is 18.8. The molecule has 2 N–H and O–H groups in total. The van der Waals surface area contributed by atoms with Crippen LogP contribution in [0.2, 0.25) is 0 Å². The number of methoxy groups -OCH3 is 1. The minimum absolute atomic E-state index is 0.261. The molecule has 0 aliphatic carbocycles. The van der Waals surface area contributed by atoms with Crippen LogP contribution in [0.1, 0.15) is 15.9 Å². The molecule has 0 aliphatic rings. The van der Waals surface area contributed by atoms with Gasteiger partial charge in [-0.2, -0.15) is 5.10 Å². The Balaban J connectivity index is 1.85. The number of hydrazone groups is 1. The molecule has 0 radical (unpaired) electrons. The summed E-state index contributed by atoms with van der Waals surface area (Å²) in [6.45, 7) is -0.261. The van der Waals surface area contributed by atoms with Crippen molar-refractivity contribution in [2.45, 2.75) is 0 Å². The van der Waals surface area contributed by atoms with Gasteiger partial charge in [0.25, 0.3) is 11.8 Å². The first-order valence-electron chi connectivity index (χ1n) is 7.19. The first-order valence-corrected chi connectivity index (χ1v) is 7.98. The maximum absolute atomic E-state index is 12.8. The van der Waals surface area contributed by atoms with Gasteiger partial charge in [-0.05, 0) is 42.5 Å². The quantitative estimate of drug-likeness (QED) is 0.570. The van der Waals surface area contributed by atoms with Crippen molar-refractivity contribution in [3.63, 3.8) is 0 Å². The highest BCUT2D eigenvalue weighted by molar-refractivity contribution is 9.10. The number of nitrogens with zero attached hydrogens (tertiary/aromatic N) is 1. The average Bonchev–Trinajstić information content (AvgIpc) is 2.60. The van der Waals surface area contributed by atoms with Crippen LogP contribution in [0.4, 0.5) is 4.39 Å². The number of carbonyl (C=O) groups is 2. The third-order valence-electron chi connectivity index (χ3n) is 3.10. The van der Waals surface area contributed by atoms with E-state index in [4.69, 9.17) is 4.74 Å². The number of ether oxygens (including phenoxy) is 1. The van der Waals surface area contributed by atoms with Crippen molar-refractivity contribution in [1.29, 1.82) is 0 Å². The van der Waals surface area contributed by atoms with E-state index in [0.717, 1.165) is 4.47 Å². The van der Waals surface area contributed by atoms with Gasteiger partial charge in [0.15, 0.2) is 0 Å². The molecule has 130 valence electrons. The van der Waals surface area contributed by atoms with E-state index >= 15 is 0 Å². The lowest BCUT2D eigenvalue weighted by molar-refractivity contribution is -0.120. The zero-order valence-electron chi connectivity index (χ0n) is 13.3. The van der Waals surface area contributed by atoms with E-state index in [0.29, 0.717) is 11.3 Å². The zero-order valence-corrected chi connectivity index (χ0v) is 14.8. The number of nitrogens with one attached hydrogen (secondary N) is 2. The Morgan fingerprint density at radius 2 is 1.96 bits per heavy atom. The van der Waals surface area contributed by atoms with Gasteiger partial charge < -0.3 is 10.1 Å². The summed E-state index contributed by atoms with van der Waals surface area (Å²) in [5.41, 5.74) is 3.24. The largest absolute Gasteiger partial charge is 0.496 e. The number of hydrogen-bond acceptors (Lipinski definition) is 4. The van der Waals surface area contributed by atoms with E-state index in [1.54, 1.807) is 12.1 Å². The first kappa shape index (κ1) is 18.6. The fourth-order valence-corrected chi connectivity index (χ4v) is 2.26. The van der Waals surface area contributed by atoms with Gasteiger partial charge in [0.1, 0.15) is 11.6 Å². The third kappa shape index (κ3) is 5.68. The number of amides is 2. The molecular formula is C17H15BrFN3O3. The molecule has 0 aromatic heterocycles. The van der Waals surface area contributed by atoms with Gasteiger partial charge in [0.2, 0.25) is 0 Å². The van der Waals surface area contributed by atoms with E-state index < -0.39 is 17.6 Å². The molecule has 0 saturated heterocycles. The van der Waals surface area contributed by atoms with E-state index in [-0.39, 0.29) is 12.1 Å². The Kier molecular flexibility index (Phi) is 6.64. The Morgan fingerprint density at radius 3 is 2.64 bits per heavy atom. The van der Waals surface area contributed by atoms with Gasteiger partial charge in [-0.3, -0.25) is 9.59 Å². The van der Waals surface area contributed by atoms with Crippen molar-refractivity contribution in [3.8, 4) is 5.75 Å². The summed E-state index contributed by atoms with van der Waals surface area (Å²) in [5, 5.41) is 6.25. The van der Waals surface area contributed by atoms with Crippen LogP contribution >= 0.6 is 15.9 Å². The Labute approximate surface area is 152 Å². The summed E-state index contributed by atoms with van der Waals surface area (Å²) in [6, 6.07) is 10.4. The highest BCUT2D eigenvalue weighted by atomic mass is 79.9. The summed E-state index contributed by atoms with van der Waals surface area (Å²) in [4.78, 5) is 23.5. The third-order valence-corrected chi connectivity index (χ3v) is 3.59. The van der Waals surface area contributed by atoms with Crippen LogP contribution in [0.5, 0.6) is 5.75 Å². The summed E-state index contributed by atoms with van der Waals surface area (Å²) >= 11 is 3.34. The fraction of sp³-hybridized carbons (Fsp3) is 0.118. The van der Waals surface area contributed by atoms with Crippen LogP contribution in [0, 0.1) is 5.82 Å². The molecule has 0 spiro atoms. The summed E-state index contributed by atoms with van der Waals surface area (Å²) in [5.74, 6) is -0.814. The van der Waals surface area contributed by atoms with Crippen LogP contribution < -0.4 is 15.5 Å². The van der Waals surface area contributed by atoms with Gasteiger partial charge >= 0.3 is 0 Å². The standard InChI is InChI=1S/C17H15BrFN3O3/c1-25-15-7-4-13(18)8-12(15)9-21-22-16(23)10-20-17(24)11-2-5-14(19)6-3-11/h2-9H,10H2,1H3,(H,20,24)(H,22,23)/b21-9-. The van der Waals surface area contributed by atoms with Gasteiger partial charge in [-0.1, -0.05) is 15.9 Å². The number of halogens is 2. The topological polar surface area (TPSA) is 79.8 Å². The SMILES string of the molecule is COc1ccc(Br)cc1/C=N\NC(=O)CNC(=O)c1ccc(F)cc1. The van der Waals surface area contributed by atoms with Crippen LogP contribution in [0.3, 0.4) is 0 Å². The van der Waals surface area contributed by atoms with E-state index in [2.05, 4.69) is 31.8 Å². The second kappa shape index (κ2) is 8.93. The maximum atomic E-state index is 12.8. The highest BCUT2D eigenvalue weighted by Gasteiger charge is 2.07. The Hall–Kier alpha value is -2.74. The predicted octanol–water partition coefficient (Wildman–Crippen LogP) is 2.48. The van der Waals surface area contributed by atoms with Crippen LogP contribution in [0.15, 0.2) is 52.0 Å². The Bertz CT molecular complexity index is 794. The summed E-state index contributed by atoms with van der Waals surface area (Å²) in [6.07, 6.45) is 1.43. The maximum Gasteiger partial charge on any atom is 0.259 e. The lowest BCUT2D eigenvalue weighted by atomic mass is 10.2. The molecule has 2 aromatic rings. The van der Waals surface area contributed by atoms with Crippen LogP contribution in [-0.4, -0.2) is 31.7 Å². The monoisotopic (exact) mass is 407 g/mol. The van der Waals surface area contributed by atoms with Gasteiger partial charge in [-0.15, -0.1) is 0 Å². The minimum atomic E-state index is -0.499. The first-order chi connectivity index (χ1) is 12.0. The average molecular weight is 408 g/mol. The second-order valence-electron chi connectivity index (χ2n) is 4.87. The lowest BCUT2D eigenvalue weighted by Gasteiger charge is -2.05. The normalized spacial score (nSPS) is 10.5. The molecule has 0 atom stereocenters. The molecule has 25 heavy (non-hydrogen) atoms. The fourth-order valence-electron chi connectivity index (χ4n) is 1.88. The molecule has 2 amide bonds.